The first-order chi connectivity index (χ1) is 13.4. The molecule has 0 aromatic rings. The Morgan fingerprint density at radius 3 is 1.25 bits per heavy atom. The van der Waals surface area contributed by atoms with Crippen molar-refractivity contribution in [1.29, 1.82) is 0 Å². The molecule has 0 saturated heterocycles. The second-order valence-corrected chi connectivity index (χ2v) is 7.88. The van der Waals surface area contributed by atoms with E-state index in [1.807, 2.05) is 0 Å². The molecule has 0 fully saturated rings. The maximum absolute atomic E-state index is 11.3. The molecule has 0 aliphatic heterocycles. The molecule has 6 nitrogen and oxygen atoms in total. The normalized spacial score (nSPS) is 12.2. The SMILES string of the molecule is CCCCCCCCCCCCCCCCC(CC(C(=O)O)C(=O)O)C(=O)O. The van der Waals surface area contributed by atoms with Gasteiger partial charge in [0, 0.05) is 0 Å². The predicted molar refractivity (Wildman–Crippen MR) is 109 cm³/mol. The van der Waals surface area contributed by atoms with Crippen LogP contribution >= 0.6 is 0 Å². The molecule has 0 aliphatic rings. The van der Waals surface area contributed by atoms with Gasteiger partial charge in [-0.3, -0.25) is 14.4 Å². The molecule has 28 heavy (non-hydrogen) atoms. The Hall–Kier alpha value is -1.59. The van der Waals surface area contributed by atoms with E-state index in [1.165, 1.54) is 64.2 Å². The lowest BCUT2D eigenvalue weighted by Crippen LogP contribution is -2.28. The van der Waals surface area contributed by atoms with Crippen LogP contribution in [-0.2, 0) is 14.4 Å². The summed E-state index contributed by atoms with van der Waals surface area (Å²) in [7, 11) is 0. The molecule has 164 valence electrons. The Bertz CT molecular complexity index is 421. The van der Waals surface area contributed by atoms with Gasteiger partial charge in [0.2, 0.25) is 0 Å². The molecule has 1 unspecified atom stereocenters. The molecule has 0 bridgehead atoms. The summed E-state index contributed by atoms with van der Waals surface area (Å²) in [6.45, 7) is 2.23. The lowest BCUT2D eigenvalue weighted by Gasteiger charge is -2.15. The summed E-state index contributed by atoms with van der Waals surface area (Å²) < 4.78 is 0. The highest BCUT2D eigenvalue weighted by molar-refractivity contribution is 5.93. The van der Waals surface area contributed by atoms with Crippen molar-refractivity contribution in [2.24, 2.45) is 11.8 Å². The van der Waals surface area contributed by atoms with Crippen molar-refractivity contribution in [1.82, 2.24) is 0 Å². The van der Waals surface area contributed by atoms with Crippen molar-refractivity contribution in [3.8, 4) is 0 Å². The van der Waals surface area contributed by atoms with E-state index in [0.29, 0.717) is 12.8 Å². The van der Waals surface area contributed by atoms with E-state index in [4.69, 9.17) is 10.2 Å². The van der Waals surface area contributed by atoms with Gasteiger partial charge in [0.25, 0.3) is 0 Å². The average Bonchev–Trinajstić information content (AvgIpc) is 2.63. The smallest absolute Gasteiger partial charge is 0.317 e. The molecule has 0 aliphatic carbocycles. The van der Waals surface area contributed by atoms with Crippen LogP contribution in [0.25, 0.3) is 0 Å². The number of aliphatic carboxylic acids is 3. The molecule has 3 N–H and O–H groups in total. The maximum atomic E-state index is 11.3. The Morgan fingerprint density at radius 1 is 0.571 bits per heavy atom. The zero-order chi connectivity index (χ0) is 21.2. The molecule has 0 aromatic carbocycles. The summed E-state index contributed by atoms with van der Waals surface area (Å²) in [6, 6.07) is 0. The molecule has 0 spiro atoms. The number of carboxylic acids is 3. The average molecular weight is 401 g/mol. The van der Waals surface area contributed by atoms with Crippen LogP contribution < -0.4 is 0 Å². The standard InChI is InChI=1S/C22H40O6/c1-2-3-4-5-6-7-8-9-10-11-12-13-14-15-16-18(20(23)24)17-19(21(25)26)22(27)28/h18-19H,2-17H2,1H3,(H,23,24)(H,25,26)(H,27,28). The van der Waals surface area contributed by atoms with Crippen molar-refractivity contribution in [2.45, 2.75) is 110 Å². The van der Waals surface area contributed by atoms with Gasteiger partial charge in [-0.25, -0.2) is 0 Å². The summed E-state index contributed by atoms with van der Waals surface area (Å²) >= 11 is 0. The van der Waals surface area contributed by atoms with E-state index in [2.05, 4.69) is 6.92 Å². The number of rotatable bonds is 20. The minimum Gasteiger partial charge on any atom is -0.481 e. The second kappa shape index (κ2) is 17.5. The van der Waals surface area contributed by atoms with Crippen molar-refractivity contribution >= 4 is 17.9 Å². The van der Waals surface area contributed by atoms with Gasteiger partial charge in [-0.2, -0.15) is 0 Å². The lowest BCUT2D eigenvalue weighted by molar-refractivity contribution is -0.156. The largest absolute Gasteiger partial charge is 0.481 e. The van der Waals surface area contributed by atoms with Crippen LogP contribution in [0.5, 0.6) is 0 Å². The minimum absolute atomic E-state index is 0.338. The van der Waals surface area contributed by atoms with Gasteiger partial charge in [-0.1, -0.05) is 96.8 Å². The highest BCUT2D eigenvalue weighted by atomic mass is 16.4. The van der Waals surface area contributed by atoms with E-state index >= 15 is 0 Å². The maximum Gasteiger partial charge on any atom is 0.317 e. The van der Waals surface area contributed by atoms with Crippen LogP contribution in [0.3, 0.4) is 0 Å². The molecule has 6 heteroatoms. The molecule has 0 rings (SSSR count). The Morgan fingerprint density at radius 2 is 0.929 bits per heavy atom. The van der Waals surface area contributed by atoms with Crippen LogP contribution in [0.15, 0.2) is 0 Å². The van der Waals surface area contributed by atoms with Gasteiger partial charge in [0.05, 0.1) is 5.92 Å². The molecular weight excluding hydrogens is 360 g/mol. The third kappa shape index (κ3) is 14.5. The first-order valence-corrected chi connectivity index (χ1v) is 11.1. The fourth-order valence-electron chi connectivity index (χ4n) is 3.52. The van der Waals surface area contributed by atoms with Crippen LogP contribution in [0, 0.1) is 11.8 Å². The third-order valence-electron chi connectivity index (χ3n) is 5.37. The van der Waals surface area contributed by atoms with E-state index in [1.54, 1.807) is 0 Å². The number of hydrogen-bond donors (Lipinski definition) is 3. The van der Waals surface area contributed by atoms with E-state index in [9.17, 15) is 19.5 Å². The Labute approximate surface area is 169 Å². The molecular formula is C22H40O6. The van der Waals surface area contributed by atoms with Gasteiger partial charge in [0.15, 0.2) is 5.92 Å². The topological polar surface area (TPSA) is 112 Å². The number of unbranched alkanes of at least 4 members (excludes halogenated alkanes) is 13. The summed E-state index contributed by atoms with van der Waals surface area (Å²) in [4.78, 5) is 33.1. The summed E-state index contributed by atoms with van der Waals surface area (Å²) in [5, 5.41) is 27.0. The van der Waals surface area contributed by atoms with E-state index in [-0.39, 0.29) is 6.42 Å². The Kier molecular flexibility index (Phi) is 16.5. The lowest BCUT2D eigenvalue weighted by atomic mass is 9.90. The van der Waals surface area contributed by atoms with Crippen LogP contribution in [-0.4, -0.2) is 33.2 Å². The van der Waals surface area contributed by atoms with Crippen molar-refractivity contribution in [3.05, 3.63) is 0 Å². The molecule has 0 radical (unpaired) electrons. The van der Waals surface area contributed by atoms with Crippen LogP contribution in [0.2, 0.25) is 0 Å². The zero-order valence-corrected chi connectivity index (χ0v) is 17.5. The summed E-state index contributed by atoms with van der Waals surface area (Å²) in [6.07, 6.45) is 16.9. The minimum atomic E-state index is -1.65. The van der Waals surface area contributed by atoms with Crippen molar-refractivity contribution < 1.29 is 29.7 Å². The molecule has 0 aromatic heterocycles. The molecule has 0 saturated carbocycles. The highest BCUT2D eigenvalue weighted by Crippen LogP contribution is 2.21. The fourth-order valence-corrected chi connectivity index (χ4v) is 3.52. The molecule has 0 heterocycles. The van der Waals surface area contributed by atoms with Gasteiger partial charge >= 0.3 is 17.9 Å². The van der Waals surface area contributed by atoms with Crippen LogP contribution in [0.4, 0.5) is 0 Å². The first-order valence-electron chi connectivity index (χ1n) is 11.1. The Balaban J connectivity index is 3.67. The van der Waals surface area contributed by atoms with E-state index in [0.717, 1.165) is 19.3 Å². The zero-order valence-electron chi connectivity index (χ0n) is 17.5. The van der Waals surface area contributed by atoms with Crippen molar-refractivity contribution in [2.75, 3.05) is 0 Å². The quantitative estimate of drug-likeness (QED) is 0.178. The fraction of sp³-hybridized carbons (Fsp3) is 0.864. The van der Waals surface area contributed by atoms with Gasteiger partial charge in [-0.15, -0.1) is 0 Å². The molecule has 1 atom stereocenters. The third-order valence-corrected chi connectivity index (χ3v) is 5.37. The molecule has 0 amide bonds. The predicted octanol–water partition coefficient (Wildman–Crippen LogP) is 5.73. The summed E-state index contributed by atoms with van der Waals surface area (Å²) in [5.74, 6) is -6.61. The second-order valence-electron chi connectivity index (χ2n) is 7.88. The van der Waals surface area contributed by atoms with Gasteiger partial charge in [-0.05, 0) is 12.8 Å². The summed E-state index contributed by atoms with van der Waals surface area (Å²) in [5.41, 5.74) is 0. The number of carboxylic acid groups (broad SMARTS) is 3. The number of carbonyl (C=O) groups is 3. The van der Waals surface area contributed by atoms with Gasteiger partial charge in [0.1, 0.15) is 0 Å². The van der Waals surface area contributed by atoms with Crippen molar-refractivity contribution in [3.63, 3.8) is 0 Å². The van der Waals surface area contributed by atoms with Crippen LogP contribution in [0.1, 0.15) is 110 Å². The van der Waals surface area contributed by atoms with Gasteiger partial charge < -0.3 is 15.3 Å². The van der Waals surface area contributed by atoms with E-state index < -0.39 is 29.7 Å². The number of hydrogen-bond acceptors (Lipinski definition) is 3. The first kappa shape index (κ1) is 26.4. The highest BCUT2D eigenvalue weighted by Gasteiger charge is 2.31. The monoisotopic (exact) mass is 400 g/mol.